The third-order valence-electron chi connectivity index (χ3n) is 2.91. The first kappa shape index (κ1) is 11.7. The van der Waals surface area contributed by atoms with E-state index >= 15 is 0 Å². The van der Waals surface area contributed by atoms with Crippen molar-refractivity contribution in [1.82, 2.24) is 5.32 Å². The molecule has 0 spiro atoms. The van der Waals surface area contributed by atoms with Crippen molar-refractivity contribution in [3.05, 3.63) is 12.7 Å². The van der Waals surface area contributed by atoms with Gasteiger partial charge in [0.15, 0.2) is 0 Å². The predicted molar refractivity (Wildman–Crippen MR) is 60.5 cm³/mol. The molecule has 1 saturated carbocycles. The predicted octanol–water partition coefficient (Wildman–Crippen LogP) is 2.50. The highest BCUT2D eigenvalue weighted by Gasteiger charge is 2.36. The largest absolute Gasteiger partial charge is 0.371 e. The molecule has 1 fully saturated rings. The lowest BCUT2D eigenvalue weighted by molar-refractivity contribution is -0.0931. The van der Waals surface area contributed by atoms with Crippen molar-refractivity contribution in [2.75, 3.05) is 13.2 Å². The Kier molecular flexibility index (Phi) is 4.63. The molecule has 0 bridgehead atoms. The van der Waals surface area contributed by atoms with Gasteiger partial charge < -0.3 is 10.1 Å². The Morgan fingerprint density at radius 2 is 2.21 bits per heavy atom. The molecule has 2 heteroatoms. The maximum Gasteiger partial charge on any atom is 0.0699 e. The molecule has 0 aromatic carbocycles. The summed E-state index contributed by atoms with van der Waals surface area (Å²) in [6.07, 6.45) is 6.75. The molecule has 0 aromatic rings. The molecule has 0 radical (unpaired) electrons. The summed E-state index contributed by atoms with van der Waals surface area (Å²) in [6.45, 7) is 9.81. The van der Waals surface area contributed by atoms with Crippen LogP contribution in [0.3, 0.4) is 0 Å². The fraction of sp³-hybridized carbons (Fsp3) is 0.833. The number of nitrogens with one attached hydrogen (secondary N) is 1. The summed E-state index contributed by atoms with van der Waals surface area (Å²) in [5.41, 5.74) is 0.177. The average Bonchev–Trinajstić information content (AvgIpc) is 2.07. The summed E-state index contributed by atoms with van der Waals surface area (Å²) in [7, 11) is 0. The van der Waals surface area contributed by atoms with E-state index in [9.17, 15) is 0 Å². The quantitative estimate of drug-likeness (QED) is 0.633. The molecule has 0 saturated heterocycles. The molecule has 0 heterocycles. The van der Waals surface area contributed by atoms with Crippen LogP contribution in [-0.2, 0) is 4.74 Å². The van der Waals surface area contributed by atoms with E-state index in [0.717, 1.165) is 13.0 Å². The van der Waals surface area contributed by atoms with E-state index in [1.54, 1.807) is 0 Å². The molecular weight excluding hydrogens is 174 g/mol. The van der Waals surface area contributed by atoms with E-state index in [0.29, 0.717) is 12.6 Å². The molecule has 2 nitrogen and oxygen atoms in total. The van der Waals surface area contributed by atoms with Gasteiger partial charge in [0.1, 0.15) is 0 Å². The maximum absolute atomic E-state index is 5.84. The Bertz CT molecular complexity index is 173. The van der Waals surface area contributed by atoms with E-state index in [1.165, 1.54) is 19.3 Å². The molecule has 1 N–H and O–H groups in total. The Balaban J connectivity index is 2.19. The van der Waals surface area contributed by atoms with Crippen LogP contribution in [0.2, 0.25) is 0 Å². The molecule has 0 amide bonds. The minimum atomic E-state index is 0.177. The molecule has 0 aromatic heterocycles. The molecular formula is C12H23NO. The van der Waals surface area contributed by atoms with Crippen molar-refractivity contribution < 1.29 is 4.74 Å². The normalized spacial score (nSPS) is 19.4. The lowest BCUT2D eigenvalue weighted by Gasteiger charge is -2.41. The molecule has 1 rings (SSSR count). The van der Waals surface area contributed by atoms with E-state index in [4.69, 9.17) is 4.74 Å². The van der Waals surface area contributed by atoms with Gasteiger partial charge in [0.2, 0.25) is 0 Å². The number of hydrogen-bond acceptors (Lipinski definition) is 2. The van der Waals surface area contributed by atoms with E-state index < -0.39 is 0 Å². The van der Waals surface area contributed by atoms with Gasteiger partial charge in [0.25, 0.3) is 0 Å². The van der Waals surface area contributed by atoms with Crippen LogP contribution in [0.1, 0.15) is 39.5 Å². The summed E-state index contributed by atoms with van der Waals surface area (Å²) in [4.78, 5) is 0. The zero-order valence-corrected chi connectivity index (χ0v) is 9.51. The van der Waals surface area contributed by atoms with Gasteiger partial charge in [0.05, 0.1) is 12.2 Å². The van der Waals surface area contributed by atoms with Crippen molar-refractivity contribution in [1.29, 1.82) is 0 Å². The molecule has 1 aliphatic carbocycles. The summed E-state index contributed by atoms with van der Waals surface area (Å²) in [5.74, 6) is 0. The molecule has 0 unspecified atom stereocenters. The second-order valence-corrected chi connectivity index (χ2v) is 4.50. The Morgan fingerprint density at radius 1 is 1.50 bits per heavy atom. The standard InChI is InChI=1S/C12H23NO/c1-4-10-14-12(6-5-7-12)8-9-13-11(2)3/h4,11,13H,1,5-10H2,2-3H3. The minimum absolute atomic E-state index is 0.177. The third-order valence-corrected chi connectivity index (χ3v) is 2.91. The van der Waals surface area contributed by atoms with Crippen LogP contribution in [0.4, 0.5) is 0 Å². The number of rotatable bonds is 7. The third kappa shape index (κ3) is 3.43. The summed E-state index contributed by atoms with van der Waals surface area (Å²) < 4.78 is 5.84. The van der Waals surface area contributed by atoms with Crippen LogP contribution in [0.25, 0.3) is 0 Å². The van der Waals surface area contributed by atoms with Gasteiger partial charge >= 0.3 is 0 Å². The van der Waals surface area contributed by atoms with Crippen LogP contribution in [-0.4, -0.2) is 24.8 Å². The first-order valence-electron chi connectivity index (χ1n) is 5.67. The second kappa shape index (κ2) is 5.52. The number of ether oxygens (including phenoxy) is 1. The SMILES string of the molecule is C=CCOC1(CCNC(C)C)CCC1. The lowest BCUT2D eigenvalue weighted by Crippen LogP contribution is -2.43. The maximum atomic E-state index is 5.84. The Morgan fingerprint density at radius 3 is 2.64 bits per heavy atom. The topological polar surface area (TPSA) is 21.3 Å². The number of hydrogen-bond donors (Lipinski definition) is 1. The Hall–Kier alpha value is -0.340. The second-order valence-electron chi connectivity index (χ2n) is 4.50. The highest BCUT2D eigenvalue weighted by Crippen LogP contribution is 2.38. The minimum Gasteiger partial charge on any atom is -0.371 e. The average molecular weight is 197 g/mol. The van der Waals surface area contributed by atoms with E-state index in [1.807, 2.05) is 6.08 Å². The molecule has 1 aliphatic rings. The first-order chi connectivity index (χ1) is 6.68. The van der Waals surface area contributed by atoms with Crippen LogP contribution in [0.5, 0.6) is 0 Å². The summed E-state index contributed by atoms with van der Waals surface area (Å²) in [6, 6.07) is 0.575. The molecule has 0 aliphatic heterocycles. The van der Waals surface area contributed by atoms with Crippen molar-refractivity contribution in [2.24, 2.45) is 0 Å². The molecule has 0 atom stereocenters. The summed E-state index contributed by atoms with van der Waals surface area (Å²) >= 11 is 0. The van der Waals surface area contributed by atoms with Crippen LogP contribution in [0.15, 0.2) is 12.7 Å². The fourth-order valence-corrected chi connectivity index (χ4v) is 1.86. The van der Waals surface area contributed by atoms with Crippen molar-refractivity contribution >= 4 is 0 Å². The van der Waals surface area contributed by atoms with Crippen LogP contribution in [0, 0.1) is 0 Å². The van der Waals surface area contributed by atoms with Gasteiger partial charge in [-0.05, 0) is 32.2 Å². The van der Waals surface area contributed by atoms with Crippen LogP contribution < -0.4 is 5.32 Å². The van der Waals surface area contributed by atoms with E-state index in [-0.39, 0.29) is 5.60 Å². The smallest absolute Gasteiger partial charge is 0.0699 e. The highest BCUT2D eigenvalue weighted by molar-refractivity contribution is 4.91. The van der Waals surface area contributed by atoms with Gasteiger partial charge in [-0.2, -0.15) is 0 Å². The van der Waals surface area contributed by atoms with Gasteiger partial charge in [-0.25, -0.2) is 0 Å². The first-order valence-corrected chi connectivity index (χ1v) is 5.67. The molecule has 14 heavy (non-hydrogen) atoms. The van der Waals surface area contributed by atoms with Gasteiger partial charge in [-0.1, -0.05) is 19.9 Å². The van der Waals surface area contributed by atoms with Crippen molar-refractivity contribution in [3.63, 3.8) is 0 Å². The zero-order chi connectivity index (χ0) is 10.4. The van der Waals surface area contributed by atoms with Gasteiger partial charge in [-0.3, -0.25) is 0 Å². The lowest BCUT2D eigenvalue weighted by atomic mass is 9.77. The fourth-order valence-electron chi connectivity index (χ4n) is 1.86. The van der Waals surface area contributed by atoms with Crippen LogP contribution >= 0.6 is 0 Å². The summed E-state index contributed by atoms with van der Waals surface area (Å²) in [5, 5.41) is 3.44. The highest BCUT2D eigenvalue weighted by atomic mass is 16.5. The van der Waals surface area contributed by atoms with Gasteiger partial charge in [0, 0.05) is 6.04 Å². The van der Waals surface area contributed by atoms with Gasteiger partial charge in [-0.15, -0.1) is 6.58 Å². The van der Waals surface area contributed by atoms with Crippen molar-refractivity contribution in [2.45, 2.75) is 51.2 Å². The van der Waals surface area contributed by atoms with Crippen molar-refractivity contribution in [3.8, 4) is 0 Å². The van der Waals surface area contributed by atoms with E-state index in [2.05, 4.69) is 25.7 Å². The zero-order valence-electron chi connectivity index (χ0n) is 9.51. The molecule has 82 valence electrons. The monoisotopic (exact) mass is 197 g/mol. The Labute approximate surface area is 87.7 Å².